The summed E-state index contributed by atoms with van der Waals surface area (Å²) in [6.07, 6.45) is 0. The van der Waals surface area contributed by atoms with Crippen LogP contribution in [0.2, 0.25) is 5.02 Å². The molecular formula is C22H14ClNO2. The van der Waals surface area contributed by atoms with Crippen molar-refractivity contribution in [2.75, 3.05) is 0 Å². The number of rotatable bonds is 2. The van der Waals surface area contributed by atoms with Crippen molar-refractivity contribution in [1.82, 2.24) is 4.57 Å². The van der Waals surface area contributed by atoms with E-state index in [2.05, 4.69) is 0 Å². The Morgan fingerprint density at radius 3 is 2.50 bits per heavy atom. The zero-order valence-electron chi connectivity index (χ0n) is 13.8. The van der Waals surface area contributed by atoms with Crippen molar-refractivity contribution in [2.45, 2.75) is 6.54 Å². The number of furan rings is 1. The van der Waals surface area contributed by atoms with Gasteiger partial charge < -0.3 is 8.98 Å². The van der Waals surface area contributed by atoms with Crippen molar-refractivity contribution < 1.29 is 4.42 Å². The fourth-order valence-corrected chi connectivity index (χ4v) is 3.73. The summed E-state index contributed by atoms with van der Waals surface area (Å²) >= 11 is 6.27. The van der Waals surface area contributed by atoms with Gasteiger partial charge in [0.2, 0.25) is 5.58 Å². The number of hydrogen-bond donors (Lipinski definition) is 0. The van der Waals surface area contributed by atoms with Crippen LogP contribution in [0.5, 0.6) is 0 Å². The molecule has 0 saturated heterocycles. The molecule has 0 aliphatic rings. The zero-order valence-corrected chi connectivity index (χ0v) is 14.5. The summed E-state index contributed by atoms with van der Waals surface area (Å²) in [6.45, 7) is 0.477. The molecule has 0 aliphatic heterocycles. The third-order valence-corrected chi connectivity index (χ3v) is 4.97. The van der Waals surface area contributed by atoms with E-state index in [-0.39, 0.29) is 5.56 Å². The Kier molecular flexibility index (Phi) is 3.37. The SMILES string of the molecule is O=c1c2oc3ccccc3c2c2cc(Cl)ccc2n1Cc1ccccc1. The lowest BCUT2D eigenvalue weighted by Gasteiger charge is -2.11. The topological polar surface area (TPSA) is 35.1 Å². The number of aromatic nitrogens is 1. The summed E-state index contributed by atoms with van der Waals surface area (Å²) in [5.74, 6) is 0. The number of benzene rings is 3. The maximum Gasteiger partial charge on any atom is 0.295 e. The van der Waals surface area contributed by atoms with Crippen molar-refractivity contribution in [2.24, 2.45) is 0 Å². The Bertz CT molecular complexity index is 1330. The molecule has 5 rings (SSSR count). The molecule has 0 spiro atoms. The molecule has 126 valence electrons. The van der Waals surface area contributed by atoms with Crippen molar-refractivity contribution >= 4 is 44.4 Å². The Hall–Kier alpha value is -3.04. The number of halogens is 1. The van der Waals surface area contributed by atoms with Gasteiger partial charge in [0.15, 0.2) is 0 Å². The first kappa shape index (κ1) is 15.2. The van der Waals surface area contributed by atoms with Gasteiger partial charge in [-0.2, -0.15) is 0 Å². The summed E-state index contributed by atoms with van der Waals surface area (Å²) in [5.41, 5.74) is 2.86. The maximum atomic E-state index is 13.2. The molecule has 5 aromatic rings. The van der Waals surface area contributed by atoms with E-state index in [0.29, 0.717) is 22.7 Å². The van der Waals surface area contributed by atoms with E-state index in [0.717, 1.165) is 27.2 Å². The maximum absolute atomic E-state index is 13.2. The molecule has 0 fully saturated rings. The molecular weight excluding hydrogens is 346 g/mol. The van der Waals surface area contributed by atoms with Crippen LogP contribution in [0.3, 0.4) is 0 Å². The lowest BCUT2D eigenvalue weighted by molar-refractivity contribution is 0.652. The molecule has 0 N–H and O–H groups in total. The molecule has 0 bridgehead atoms. The number of para-hydroxylation sites is 1. The van der Waals surface area contributed by atoms with Crippen molar-refractivity contribution in [3.8, 4) is 0 Å². The van der Waals surface area contributed by atoms with Crippen LogP contribution >= 0.6 is 11.6 Å². The van der Waals surface area contributed by atoms with Crippen LogP contribution < -0.4 is 5.56 Å². The molecule has 0 unspecified atom stereocenters. The van der Waals surface area contributed by atoms with Crippen LogP contribution in [-0.2, 0) is 6.54 Å². The van der Waals surface area contributed by atoms with E-state index in [9.17, 15) is 4.79 Å². The van der Waals surface area contributed by atoms with E-state index in [1.54, 1.807) is 4.57 Å². The van der Waals surface area contributed by atoms with Gasteiger partial charge in [0.1, 0.15) is 5.58 Å². The molecule has 0 saturated carbocycles. The van der Waals surface area contributed by atoms with E-state index in [1.165, 1.54) is 0 Å². The molecule has 3 aromatic carbocycles. The minimum atomic E-state index is -0.130. The second kappa shape index (κ2) is 5.75. The Morgan fingerprint density at radius 2 is 1.65 bits per heavy atom. The standard InChI is InChI=1S/C22H14ClNO2/c23-15-10-11-18-17(12-15)20-16-8-4-5-9-19(16)26-21(20)22(25)24(18)13-14-6-2-1-3-7-14/h1-12H,13H2. The Labute approximate surface area is 154 Å². The van der Waals surface area contributed by atoms with Crippen LogP contribution in [0.25, 0.3) is 32.8 Å². The van der Waals surface area contributed by atoms with E-state index in [4.69, 9.17) is 16.0 Å². The highest BCUT2D eigenvalue weighted by Crippen LogP contribution is 2.33. The van der Waals surface area contributed by atoms with Gasteiger partial charge in [-0.3, -0.25) is 4.79 Å². The lowest BCUT2D eigenvalue weighted by atomic mass is 10.1. The van der Waals surface area contributed by atoms with Gasteiger partial charge >= 0.3 is 0 Å². The van der Waals surface area contributed by atoms with Crippen molar-refractivity contribution in [1.29, 1.82) is 0 Å². The first-order chi connectivity index (χ1) is 12.7. The Morgan fingerprint density at radius 1 is 0.885 bits per heavy atom. The van der Waals surface area contributed by atoms with E-state index >= 15 is 0 Å². The van der Waals surface area contributed by atoms with Crippen molar-refractivity contribution in [3.05, 3.63) is 93.7 Å². The number of fused-ring (bicyclic) bond motifs is 5. The smallest absolute Gasteiger partial charge is 0.295 e. The predicted octanol–water partition coefficient (Wildman–Crippen LogP) is 5.60. The second-order valence-corrected chi connectivity index (χ2v) is 6.78. The molecule has 3 nitrogen and oxygen atoms in total. The van der Waals surface area contributed by atoms with Crippen LogP contribution in [0.15, 0.2) is 82.0 Å². The summed E-state index contributed by atoms with van der Waals surface area (Å²) in [6, 6.07) is 23.3. The van der Waals surface area contributed by atoms with Gasteiger partial charge in [-0.25, -0.2) is 0 Å². The zero-order chi connectivity index (χ0) is 17.7. The van der Waals surface area contributed by atoms with Crippen molar-refractivity contribution in [3.63, 3.8) is 0 Å². The minimum Gasteiger partial charge on any atom is -0.450 e. The quantitative estimate of drug-likeness (QED) is 0.411. The van der Waals surface area contributed by atoms with Crippen LogP contribution in [0.1, 0.15) is 5.56 Å². The number of pyridine rings is 1. The number of nitrogens with zero attached hydrogens (tertiary/aromatic N) is 1. The summed E-state index contributed by atoms with van der Waals surface area (Å²) in [5, 5.41) is 3.31. The summed E-state index contributed by atoms with van der Waals surface area (Å²) in [4.78, 5) is 13.2. The van der Waals surface area contributed by atoms with Gasteiger partial charge in [0.05, 0.1) is 12.1 Å². The fourth-order valence-electron chi connectivity index (χ4n) is 3.56. The summed E-state index contributed by atoms with van der Waals surface area (Å²) in [7, 11) is 0. The molecule has 0 radical (unpaired) electrons. The molecule has 2 heterocycles. The van der Waals surface area contributed by atoms with Gasteiger partial charge in [-0.1, -0.05) is 60.1 Å². The van der Waals surface area contributed by atoms with Gasteiger partial charge in [0, 0.05) is 21.2 Å². The normalized spacial score (nSPS) is 11.6. The van der Waals surface area contributed by atoms with Crippen LogP contribution in [0.4, 0.5) is 0 Å². The Balaban J connectivity index is 1.94. The average Bonchev–Trinajstić information content (AvgIpc) is 3.06. The third kappa shape index (κ3) is 2.25. The number of hydrogen-bond acceptors (Lipinski definition) is 2. The highest BCUT2D eigenvalue weighted by atomic mass is 35.5. The van der Waals surface area contributed by atoms with Gasteiger partial charge in [-0.15, -0.1) is 0 Å². The highest BCUT2D eigenvalue weighted by molar-refractivity contribution is 6.32. The average molecular weight is 360 g/mol. The molecule has 0 aliphatic carbocycles. The van der Waals surface area contributed by atoms with E-state index < -0.39 is 0 Å². The molecule has 2 aromatic heterocycles. The summed E-state index contributed by atoms with van der Waals surface area (Å²) < 4.78 is 7.69. The first-order valence-corrected chi connectivity index (χ1v) is 8.77. The van der Waals surface area contributed by atoms with E-state index in [1.807, 2.05) is 72.8 Å². The van der Waals surface area contributed by atoms with Gasteiger partial charge in [0.25, 0.3) is 5.56 Å². The highest BCUT2D eigenvalue weighted by Gasteiger charge is 2.17. The predicted molar refractivity (Wildman–Crippen MR) is 106 cm³/mol. The molecule has 0 atom stereocenters. The molecule has 26 heavy (non-hydrogen) atoms. The first-order valence-electron chi connectivity index (χ1n) is 8.39. The molecule has 4 heteroatoms. The fraction of sp³-hybridized carbons (Fsp3) is 0.0455. The lowest BCUT2D eigenvalue weighted by Crippen LogP contribution is -2.21. The monoisotopic (exact) mass is 359 g/mol. The second-order valence-electron chi connectivity index (χ2n) is 6.34. The third-order valence-electron chi connectivity index (χ3n) is 4.74. The van der Waals surface area contributed by atoms with Crippen LogP contribution in [0, 0.1) is 0 Å². The minimum absolute atomic E-state index is 0.130. The van der Waals surface area contributed by atoms with Gasteiger partial charge in [-0.05, 0) is 29.8 Å². The largest absolute Gasteiger partial charge is 0.450 e. The molecule has 0 amide bonds. The van der Waals surface area contributed by atoms with Crippen LogP contribution in [-0.4, -0.2) is 4.57 Å².